The number of rotatable bonds is 4. The fourth-order valence-corrected chi connectivity index (χ4v) is 4.72. The Morgan fingerprint density at radius 3 is 2.71 bits per heavy atom. The molecule has 1 aliphatic rings. The van der Waals surface area contributed by atoms with Crippen molar-refractivity contribution in [1.82, 2.24) is 25.1 Å². The van der Waals surface area contributed by atoms with Gasteiger partial charge in [0.1, 0.15) is 5.82 Å². The van der Waals surface area contributed by atoms with Gasteiger partial charge < -0.3 is 9.88 Å². The summed E-state index contributed by atoms with van der Waals surface area (Å²) in [5.41, 5.74) is 1.14. The average molecular weight is 323 g/mol. The highest BCUT2D eigenvalue weighted by atomic mass is 32.2. The van der Waals surface area contributed by atoms with Gasteiger partial charge in [-0.2, -0.15) is 0 Å². The highest BCUT2D eigenvalue weighted by Crippen LogP contribution is 2.29. The third kappa shape index (κ3) is 3.30. The minimum absolute atomic E-state index is 0.547. The molecule has 1 aliphatic heterocycles. The predicted molar refractivity (Wildman–Crippen MR) is 87.0 cm³/mol. The zero-order valence-corrected chi connectivity index (χ0v) is 14.4. The number of nitrogens with one attached hydrogen (secondary N) is 1. The van der Waals surface area contributed by atoms with E-state index >= 15 is 0 Å². The molecule has 0 aromatic carbocycles. The molecule has 5 nitrogen and oxygen atoms in total. The quantitative estimate of drug-likeness (QED) is 0.877. The van der Waals surface area contributed by atoms with Crippen molar-refractivity contribution < 1.29 is 0 Å². The lowest BCUT2D eigenvalue weighted by atomic mass is 9.97. The van der Waals surface area contributed by atoms with E-state index in [4.69, 9.17) is 0 Å². The topological polar surface area (TPSA) is 55.6 Å². The number of hydrogen-bond acceptors (Lipinski definition) is 6. The number of thioether (sulfide) groups is 1. The largest absolute Gasteiger partial charge is 0.317 e. The van der Waals surface area contributed by atoms with E-state index in [0.29, 0.717) is 5.92 Å². The monoisotopic (exact) mass is 323 g/mol. The number of piperidine rings is 1. The molecule has 0 saturated carbocycles. The molecule has 1 saturated heterocycles. The fraction of sp³-hybridized carbons (Fsp3) is 0.643. The molecule has 3 heterocycles. The molecular weight excluding hydrogens is 302 g/mol. The minimum atomic E-state index is 0.547. The van der Waals surface area contributed by atoms with Crippen molar-refractivity contribution in [2.75, 3.05) is 13.1 Å². The van der Waals surface area contributed by atoms with Crippen LogP contribution in [-0.2, 0) is 12.8 Å². The first-order chi connectivity index (χ1) is 10.1. The zero-order valence-electron chi connectivity index (χ0n) is 12.7. The van der Waals surface area contributed by atoms with Crippen LogP contribution in [0.1, 0.15) is 40.2 Å². The number of nitrogens with zero attached hydrogens (tertiary/aromatic N) is 4. The lowest BCUT2D eigenvalue weighted by Gasteiger charge is -2.21. The first-order valence-corrected chi connectivity index (χ1v) is 9.11. The molecule has 2 aromatic rings. The average Bonchev–Trinajstić information content (AvgIpc) is 3.00. The van der Waals surface area contributed by atoms with E-state index in [0.717, 1.165) is 53.4 Å². The van der Waals surface area contributed by atoms with Crippen molar-refractivity contribution in [3.8, 4) is 0 Å². The second-order valence-electron chi connectivity index (χ2n) is 5.45. The van der Waals surface area contributed by atoms with Gasteiger partial charge in [0.05, 0.1) is 10.7 Å². The van der Waals surface area contributed by atoms with Gasteiger partial charge in [-0.1, -0.05) is 11.8 Å². The maximum Gasteiger partial charge on any atom is 0.191 e. The van der Waals surface area contributed by atoms with Crippen LogP contribution in [0.25, 0.3) is 0 Å². The molecule has 2 aromatic heterocycles. The summed E-state index contributed by atoms with van der Waals surface area (Å²) in [5, 5.41) is 14.4. The standard InChI is InChI=1S/C14H21N5S2/c1-9-12(21-10(2)16-9)8-20-14-18-17-13(19(14)3)11-4-6-15-7-5-11/h11,15H,4-8H2,1-3H3. The number of aryl methyl sites for hydroxylation is 2. The van der Waals surface area contributed by atoms with Crippen LogP contribution in [0.2, 0.25) is 0 Å². The van der Waals surface area contributed by atoms with Crippen molar-refractivity contribution in [2.24, 2.45) is 7.05 Å². The van der Waals surface area contributed by atoms with Crippen molar-refractivity contribution >= 4 is 23.1 Å². The first kappa shape index (κ1) is 15.0. The van der Waals surface area contributed by atoms with Crippen LogP contribution >= 0.6 is 23.1 Å². The van der Waals surface area contributed by atoms with Crippen LogP contribution in [0.4, 0.5) is 0 Å². The lowest BCUT2D eigenvalue weighted by Crippen LogP contribution is -2.27. The van der Waals surface area contributed by atoms with Gasteiger partial charge in [-0.15, -0.1) is 21.5 Å². The predicted octanol–water partition coefficient (Wildman–Crippen LogP) is 2.65. The smallest absolute Gasteiger partial charge is 0.191 e. The highest BCUT2D eigenvalue weighted by molar-refractivity contribution is 7.98. The molecule has 0 bridgehead atoms. The maximum atomic E-state index is 4.48. The normalized spacial score (nSPS) is 16.5. The van der Waals surface area contributed by atoms with Gasteiger partial charge in [0.2, 0.25) is 0 Å². The summed E-state index contributed by atoms with van der Waals surface area (Å²) < 4.78 is 2.17. The first-order valence-electron chi connectivity index (χ1n) is 7.31. The van der Waals surface area contributed by atoms with E-state index in [9.17, 15) is 0 Å². The van der Waals surface area contributed by atoms with E-state index in [1.54, 1.807) is 23.1 Å². The van der Waals surface area contributed by atoms with Gasteiger partial charge >= 0.3 is 0 Å². The van der Waals surface area contributed by atoms with E-state index in [1.165, 1.54) is 4.88 Å². The van der Waals surface area contributed by atoms with E-state index < -0.39 is 0 Å². The number of aromatic nitrogens is 4. The van der Waals surface area contributed by atoms with Crippen molar-refractivity contribution in [3.05, 3.63) is 21.4 Å². The van der Waals surface area contributed by atoms with Crippen LogP contribution < -0.4 is 5.32 Å². The summed E-state index contributed by atoms with van der Waals surface area (Å²) in [4.78, 5) is 5.82. The molecular formula is C14H21N5S2. The summed E-state index contributed by atoms with van der Waals surface area (Å²) >= 11 is 3.53. The van der Waals surface area contributed by atoms with Crippen LogP contribution in [-0.4, -0.2) is 32.8 Å². The van der Waals surface area contributed by atoms with Crippen LogP contribution in [0.15, 0.2) is 5.16 Å². The Morgan fingerprint density at radius 1 is 1.29 bits per heavy atom. The molecule has 114 valence electrons. The van der Waals surface area contributed by atoms with Gasteiger partial charge in [0.15, 0.2) is 5.16 Å². The Labute approximate surface area is 133 Å². The lowest BCUT2D eigenvalue weighted by molar-refractivity contribution is 0.434. The van der Waals surface area contributed by atoms with E-state index in [2.05, 4.69) is 46.0 Å². The Balaban J connectivity index is 1.69. The molecule has 3 rings (SSSR count). The number of hydrogen-bond donors (Lipinski definition) is 1. The van der Waals surface area contributed by atoms with Crippen LogP contribution in [0.5, 0.6) is 0 Å². The number of thiazole rings is 1. The summed E-state index contributed by atoms with van der Waals surface area (Å²) in [6.07, 6.45) is 2.31. The molecule has 1 fully saturated rings. The Morgan fingerprint density at radius 2 is 2.05 bits per heavy atom. The van der Waals surface area contributed by atoms with Gasteiger partial charge in [-0.05, 0) is 39.8 Å². The third-order valence-electron chi connectivity index (χ3n) is 3.90. The molecule has 1 N–H and O–H groups in total. The minimum Gasteiger partial charge on any atom is -0.317 e. The van der Waals surface area contributed by atoms with Gasteiger partial charge in [0, 0.05) is 23.6 Å². The second kappa shape index (κ2) is 6.46. The SMILES string of the molecule is Cc1nc(C)c(CSc2nnc(C3CCNCC3)n2C)s1. The van der Waals surface area contributed by atoms with Gasteiger partial charge in [-0.3, -0.25) is 0 Å². The molecule has 7 heteroatoms. The fourth-order valence-electron chi connectivity index (χ4n) is 2.72. The van der Waals surface area contributed by atoms with E-state index in [-0.39, 0.29) is 0 Å². The van der Waals surface area contributed by atoms with Crippen LogP contribution in [0.3, 0.4) is 0 Å². The van der Waals surface area contributed by atoms with Gasteiger partial charge in [-0.25, -0.2) is 4.98 Å². The van der Waals surface area contributed by atoms with Gasteiger partial charge in [0.25, 0.3) is 0 Å². The van der Waals surface area contributed by atoms with Crippen molar-refractivity contribution in [1.29, 1.82) is 0 Å². The molecule has 0 amide bonds. The van der Waals surface area contributed by atoms with Crippen LogP contribution in [0, 0.1) is 13.8 Å². The Bertz CT molecular complexity index is 613. The Hall–Kier alpha value is -0.920. The second-order valence-corrected chi connectivity index (χ2v) is 7.68. The molecule has 0 spiro atoms. The molecule has 21 heavy (non-hydrogen) atoms. The highest BCUT2D eigenvalue weighted by Gasteiger charge is 2.21. The summed E-state index contributed by atoms with van der Waals surface area (Å²) in [6, 6.07) is 0. The molecule has 0 radical (unpaired) electrons. The summed E-state index contributed by atoms with van der Waals surface area (Å²) in [5.74, 6) is 2.61. The zero-order chi connectivity index (χ0) is 14.8. The molecule has 0 aliphatic carbocycles. The van der Waals surface area contributed by atoms with E-state index in [1.807, 2.05) is 0 Å². The summed E-state index contributed by atoms with van der Waals surface area (Å²) in [7, 11) is 2.09. The summed E-state index contributed by atoms with van der Waals surface area (Å²) in [6.45, 7) is 6.30. The van der Waals surface area contributed by atoms with Crippen molar-refractivity contribution in [2.45, 2.75) is 43.5 Å². The molecule has 0 atom stereocenters. The molecule has 0 unspecified atom stereocenters. The third-order valence-corrected chi connectivity index (χ3v) is 6.21. The maximum absolute atomic E-state index is 4.48. The Kier molecular flexibility index (Phi) is 4.61. The van der Waals surface area contributed by atoms with Crippen molar-refractivity contribution in [3.63, 3.8) is 0 Å².